The molecule has 0 spiro atoms. The molecule has 6 heteroatoms. The summed E-state index contributed by atoms with van der Waals surface area (Å²) >= 11 is 1.58. The van der Waals surface area contributed by atoms with Crippen molar-refractivity contribution in [1.29, 1.82) is 0 Å². The third kappa shape index (κ3) is 4.81. The van der Waals surface area contributed by atoms with E-state index in [2.05, 4.69) is 5.32 Å². The number of fused-ring (bicyclic) bond motifs is 1. The van der Waals surface area contributed by atoms with Gasteiger partial charge in [-0.05, 0) is 46.3 Å². The Labute approximate surface area is 183 Å². The van der Waals surface area contributed by atoms with E-state index >= 15 is 0 Å². The number of hydrogen-bond acceptors (Lipinski definition) is 3. The fraction of sp³-hybridized carbons (Fsp3) is 0.160. The van der Waals surface area contributed by atoms with Gasteiger partial charge in [0.05, 0.1) is 6.61 Å². The van der Waals surface area contributed by atoms with Crippen LogP contribution in [0.1, 0.15) is 20.8 Å². The first-order valence-corrected chi connectivity index (χ1v) is 10.7. The zero-order valence-corrected chi connectivity index (χ0v) is 17.8. The van der Waals surface area contributed by atoms with Gasteiger partial charge in [-0.1, -0.05) is 36.4 Å². The number of thiophene rings is 1. The first kappa shape index (κ1) is 21.2. The smallest absolute Gasteiger partial charge is 0.251 e. The molecule has 0 bridgehead atoms. The predicted octanol–water partition coefficient (Wildman–Crippen LogP) is 5.81. The van der Waals surface area contributed by atoms with Gasteiger partial charge in [0, 0.05) is 41.3 Å². The molecule has 31 heavy (non-hydrogen) atoms. The topological polar surface area (TPSA) is 38.3 Å². The van der Waals surface area contributed by atoms with E-state index in [0.717, 1.165) is 32.2 Å². The molecule has 0 radical (unpaired) electrons. The molecular formula is C25H21F2NO2S. The van der Waals surface area contributed by atoms with Crippen LogP contribution in [0, 0.1) is 11.6 Å². The highest BCUT2D eigenvalue weighted by Crippen LogP contribution is 2.36. The highest BCUT2D eigenvalue weighted by molar-refractivity contribution is 7.19. The molecule has 1 N–H and O–H groups in total. The minimum absolute atomic E-state index is 0.148. The molecule has 1 amide bonds. The Morgan fingerprint density at radius 2 is 1.87 bits per heavy atom. The standard InChI is InChI=1S/C25H21F2NO2S/c1-30-11-10-28-25(29)19-6-2-4-16(12-19)22-7-3-5-18-14-21(31-24(18)22)13-17-8-9-20(26)15-23(17)27/h2-9,12,14-15H,10-11,13H2,1H3,(H,28,29). The number of benzene rings is 3. The first-order valence-electron chi connectivity index (χ1n) is 9.88. The molecule has 0 unspecified atom stereocenters. The highest BCUT2D eigenvalue weighted by atomic mass is 32.1. The number of carbonyl (C=O) groups excluding carboxylic acids is 1. The van der Waals surface area contributed by atoms with E-state index in [0.29, 0.717) is 30.7 Å². The molecule has 0 aliphatic rings. The van der Waals surface area contributed by atoms with Crippen molar-refractivity contribution < 1.29 is 18.3 Å². The molecule has 4 rings (SSSR count). The van der Waals surface area contributed by atoms with E-state index in [-0.39, 0.29) is 5.91 Å². The van der Waals surface area contributed by atoms with E-state index in [1.54, 1.807) is 24.5 Å². The number of halogens is 2. The van der Waals surface area contributed by atoms with Gasteiger partial charge in [-0.15, -0.1) is 11.3 Å². The maximum absolute atomic E-state index is 14.1. The number of amides is 1. The number of hydrogen-bond donors (Lipinski definition) is 1. The van der Waals surface area contributed by atoms with E-state index in [4.69, 9.17) is 4.74 Å². The van der Waals surface area contributed by atoms with Crippen molar-refractivity contribution in [2.45, 2.75) is 6.42 Å². The number of nitrogens with one attached hydrogen (secondary N) is 1. The largest absolute Gasteiger partial charge is 0.383 e. The van der Waals surface area contributed by atoms with E-state index in [1.807, 2.05) is 42.5 Å². The molecule has 3 aromatic carbocycles. The van der Waals surface area contributed by atoms with Crippen LogP contribution in [0.15, 0.2) is 66.7 Å². The second-order valence-electron chi connectivity index (χ2n) is 7.18. The maximum atomic E-state index is 14.1. The second-order valence-corrected chi connectivity index (χ2v) is 8.32. The van der Waals surface area contributed by atoms with Crippen LogP contribution in [0.25, 0.3) is 21.2 Å². The van der Waals surface area contributed by atoms with Crippen molar-refractivity contribution in [2.75, 3.05) is 20.3 Å². The van der Waals surface area contributed by atoms with Gasteiger partial charge in [0.15, 0.2) is 0 Å². The summed E-state index contributed by atoms with van der Waals surface area (Å²) in [7, 11) is 1.59. The van der Waals surface area contributed by atoms with Crippen LogP contribution in [0.3, 0.4) is 0 Å². The Hall–Kier alpha value is -3.09. The lowest BCUT2D eigenvalue weighted by molar-refractivity contribution is 0.0937. The summed E-state index contributed by atoms with van der Waals surface area (Å²) in [6, 6.07) is 19.2. The molecular weight excluding hydrogens is 416 g/mol. The number of ether oxygens (including phenoxy) is 1. The molecule has 0 aliphatic heterocycles. The zero-order valence-electron chi connectivity index (χ0n) is 17.0. The summed E-state index contributed by atoms with van der Waals surface area (Å²) in [5, 5.41) is 3.88. The number of methoxy groups -OCH3 is 1. The average Bonchev–Trinajstić information content (AvgIpc) is 3.18. The van der Waals surface area contributed by atoms with Gasteiger partial charge < -0.3 is 10.1 Å². The zero-order chi connectivity index (χ0) is 21.8. The average molecular weight is 438 g/mol. The fourth-order valence-corrected chi connectivity index (χ4v) is 4.70. The minimum atomic E-state index is -0.578. The SMILES string of the molecule is COCCNC(=O)c1cccc(-c2cccc3cc(Cc4ccc(F)cc4F)sc23)c1. The van der Waals surface area contributed by atoms with Crippen molar-refractivity contribution >= 4 is 27.3 Å². The van der Waals surface area contributed by atoms with Crippen molar-refractivity contribution in [2.24, 2.45) is 0 Å². The molecule has 0 saturated carbocycles. The summed E-state index contributed by atoms with van der Waals surface area (Å²) in [4.78, 5) is 13.4. The van der Waals surface area contributed by atoms with Gasteiger partial charge in [0.1, 0.15) is 11.6 Å². The third-order valence-electron chi connectivity index (χ3n) is 5.00. The number of rotatable bonds is 7. The summed E-state index contributed by atoms with van der Waals surface area (Å²) in [5.41, 5.74) is 2.99. The summed E-state index contributed by atoms with van der Waals surface area (Å²) in [6.45, 7) is 0.904. The Kier molecular flexibility index (Phi) is 6.39. The van der Waals surface area contributed by atoms with Gasteiger partial charge >= 0.3 is 0 Å². The predicted molar refractivity (Wildman–Crippen MR) is 121 cm³/mol. The lowest BCUT2D eigenvalue weighted by Crippen LogP contribution is -2.26. The third-order valence-corrected chi connectivity index (χ3v) is 6.19. The van der Waals surface area contributed by atoms with Gasteiger partial charge in [0.25, 0.3) is 5.91 Å². The first-order chi connectivity index (χ1) is 15.0. The molecule has 4 aromatic rings. The quantitative estimate of drug-likeness (QED) is 0.370. The van der Waals surface area contributed by atoms with Crippen molar-refractivity contribution in [3.8, 4) is 11.1 Å². The van der Waals surface area contributed by atoms with Gasteiger partial charge in [-0.25, -0.2) is 8.78 Å². The molecule has 0 aliphatic carbocycles. The van der Waals surface area contributed by atoms with E-state index < -0.39 is 11.6 Å². The van der Waals surface area contributed by atoms with E-state index in [1.165, 1.54) is 12.1 Å². The lowest BCUT2D eigenvalue weighted by atomic mass is 10.0. The Morgan fingerprint density at radius 3 is 2.68 bits per heavy atom. The normalized spacial score (nSPS) is 11.1. The van der Waals surface area contributed by atoms with Gasteiger partial charge in [-0.2, -0.15) is 0 Å². The molecule has 158 valence electrons. The summed E-state index contributed by atoms with van der Waals surface area (Å²) in [5.74, 6) is -1.26. The molecule has 1 heterocycles. The molecule has 0 saturated heterocycles. The van der Waals surface area contributed by atoms with Crippen LogP contribution in [0.5, 0.6) is 0 Å². The van der Waals surface area contributed by atoms with Gasteiger partial charge in [0.2, 0.25) is 0 Å². The van der Waals surface area contributed by atoms with Crippen LogP contribution >= 0.6 is 11.3 Å². The Bertz CT molecular complexity index is 1240. The molecule has 1 aromatic heterocycles. The summed E-state index contributed by atoms with van der Waals surface area (Å²) in [6.07, 6.45) is 0.396. The molecule has 0 fully saturated rings. The van der Waals surface area contributed by atoms with Crippen LogP contribution in [-0.2, 0) is 11.2 Å². The molecule has 3 nitrogen and oxygen atoms in total. The van der Waals surface area contributed by atoms with Crippen LogP contribution < -0.4 is 5.32 Å². The van der Waals surface area contributed by atoms with Crippen LogP contribution in [0.2, 0.25) is 0 Å². The van der Waals surface area contributed by atoms with Crippen LogP contribution in [0.4, 0.5) is 8.78 Å². The van der Waals surface area contributed by atoms with Crippen molar-refractivity contribution in [3.63, 3.8) is 0 Å². The number of carbonyl (C=O) groups is 1. The van der Waals surface area contributed by atoms with E-state index in [9.17, 15) is 13.6 Å². The monoisotopic (exact) mass is 437 g/mol. The summed E-state index contributed by atoms with van der Waals surface area (Å²) < 4.78 is 33.3. The lowest BCUT2D eigenvalue weighted by Gasteiger charge is -2.08. The van der Waals surface area contributed by atoms with Crippen molar-refractivity contribution in [3.05, 3.63) is 94.4 Å². The van der Waals surface area contributed by atoms with Crippen molar-refractivity contribution in [1.82, 2.24) is 5.32 Å². The van der Waals surface area contributed by atoms with Crippen LogP contribution in [-0.4, -0.2) is 26.2 Å². The maximum Gasteiger partial charge on any atom is 0.251 e. The highest BCUT2D eigenvalue weighted by Gasteiger charge is 2.13. The Morgan fingerprint density at radius 1 is 1.03 bits per heavy atom. The Balaban J connectivity index is 1.64. The second kappa shape index (κ2) is 9.37. The fourth-order valence-electron chi connectivity index (χ4n) is 3.48. The molecule has 0 atom stereocenters. The minimum Gasteiger partial charge on any atom is -0.383 e. The van der Waals surface area contributed by atoms with Gasteiger partial charge in [-0.3, -0.25) is 4.79 Å².